The quantitative estimate of drug-likeness (QED) is 0.168. The lowest BCUT2D eigenvalue weighted by Crippen LogP contribution is -2.33. The van der Waals surface area contributed by atoms with Crippen LogP contribution < -0.4 is 0 Å². The highest BCUT2D eigenvalue weighted by Gasteiger charge is 2.50. The van der Waals surface area contributed by atoms with Crippen LogP contribution >= 0.6 is 0 Å². The van der Waals surface area contributed by atoms with Crippen LogP contribution in [0.4, 0.5) is 0 Å². The molecule has 10 aromatic rings. The van der Waals surface area contributed by atoms with Crippen molar-refractivity contribution in [3.63, 3.8) is 0 Å². The Balaban J connectivity index is 1.06. The van der Waals surface area contributed by atoms with Crippen LogP contribution in [0.25, 0.3) is 89.5 Å². The van der Waals surface area contributed by atoms with Crippen molar-refractivity contribution in [3.05, 3.63) is 234 Å². The Bertz CT molecular complexity index is 3480. The van der Waals surface area contributed by atoms with Crippen molar-refractivity contribution in [2.24, 2.45) is 0 Å². The van der Waals surface area contributed by atoms with Gasteiger partial charge in [-0.25, -0.2) is 15.0 Å². The summed E-state index contributed by atoms with van der Waals surface area (Å²) < 4.78 is 2.50. The summed E-state index contributed by atoms with van der Waals surface area (Å²) in [6, 6.07) is 69.5. The van der Waals surface area contributed by atoms with Gasteiger partial charge in [0.2, 0.25) is 0 Å². The smallest absolute Gasteiger partial charge is 0.164 e. The fourth-order valence-electron chi connectivity index (χ4n) is 10.4. The van der Waals surface area contributed by atoms with Crippen LogP contribution in [-0.2, 0) is 5.41 Å². The second-order valence-electron chi connectivity index (χ2n) is 16.3. The van der Waals surface area contributed by atoms with E-state index in [1.165, 1.54) is 66.5 Å². The van der Waals surface area contributed by atoms with E-state index < -0.39 is 5.41 Å². The Morgan fingerprint density at radius 2 is 0.984 bits per heavy atom. The molecule has 0 radical (unpaired) electrons. The Morgan fingerprint density at radius 1 is 0.452 bits per heavy atom. The summed E-state index contributed by atoms with van der Waals surface area (Å²) in [5.74, 6) is 1.90. The predicted octanol–water partition coefficient (Wildman–Crippen LogP) is 14.3. The number of aromatic nitrogens is 4. The first-order chi connectivity index (χ1) is 30.6. The van der Waals surface area contributed by atoms with Crippen LogP contribution in [0.5, 0.6) is 0 Å². The Hall–Kier alpha value is -7.95. The topological polar surface area (TPSA) is 43.6 Å². The summed E-state index contributed by atoms with van der Waals surface area (Å²) in [4.78, 5) is 15.4. The Kier molecular flexibility index (Phi) is 8.16. The first-order valence-electron chi connectivity index (χ1n) is 21.3. The largest absolute Gasteiger partial charge is 0.309 e. The number of fused-ring (bicyclic) bond motifs is 9. The minimum absolute atomic E-state index is 0.500. The molecule has 1 atom stereocenters. The number of hydrogen-bond acceptors (Lipinski definition) is 3. The Morgan fingerprint density at radius 3 is 1.74 bits per heavy atom. The summed E-state index contributed by atoms with van der Waals surface area (Å²) in [5, 5.41) is 2.55. The van der Waals surface area contributed by atoms with Crippen molar-refractivity contribution < 1.29 is 0 Å². The summed E-state index contributed by atoms with van der Waals surface area (Å²) in [7, 11) is 0. The molecule has 4 nitrogen and oxygen atoms in total. The molecule has 1 aliphatic carbocycles. The molecule has 292 valence electrons. The monoisotopic (exact) mass is 792 g/mol. The average molecular weight is 793 g/mol. The molecular weight excluding hydrogens is 753 g/mol. The van der Waals surface area contributed by atoms with Gasteiger partial charge in [0.25, 0.3) is 0 Å². The maximum Gasteiger partial charge on any atom is 0.164 e. The molecule has 8 aromatic carbocycles. The van der Waals surface area contributed by atoms with Gasteiger partial charge in [-0.1, -0.05) is 182 Å². The average Bonchev–Trinajstić information content (AvgIpc) is 3.81. The maximum atomic E-state index is 5.21. The van der Waals surface area contributed by atoms with Gasteiger partial charge in [0.15, 0.2) is 17.5 Å². The van der Waals surface area contributed by atoms with E-state index in [0.29, 0.717) is 17.5 Å². The molecule has 0 saturated carbocycles. The molecule has 0 saturated heterocycles. The van der Waals surface area contributed by atoms with E-state index in [2.05, 4.69) is 200 Å². The number of benzene rings is 8. The lowest BCUT2D eigenvalue weighted by molar-refractivity contribution is 0.726. The first-order valence-corrected chi connectivity index (χ1v) is 21.3. The van der Waals surface area contributed by atoms with Gasteiger partial charge in [-0.15, -0.1) is 0 Å². The molecule has 3 heterocycles. The van der Waals surface area contributed by atoms with E-state index in [9.17, 15) is 0 Å². The van der Waals surface area contributed by atoms with Gasteiger partial charge in [0, 0.05) is 27.5 Å². The van der Waals surface area contributed by atoms with Gasteiger partial charge in [-0.3, -0.25) is 0 Å². The van der Waals surface area contributed by atoms with Gasteiger partial charge in [-0.2, -0.15) is 0 Å². The molecule has 2 aromatic heterocycles. The van der Waals surface area contributed by atoms with Gasteiger partial charge in [0.05, 0.1) is 22.1 Å². The highest BCUT2D eigenvalue weighted by atomic mass is 15.0. The van der Waals surface area contributed by atoms with Crippen LogP contribution in [0.3, 0.4) is 0 Å². The zero-order valence-electron chi connectivity index (χ0n) is 34.4. The third kappa shape index (κ3) is 5.23. The second-order valence-corrected chi connectivity index (χ2v) is 16.3. The van der Waals surface area contributed by atoms with E-state index in [-0.39, 0.29) is 0 Å². The summed E-state index contributed by atoms with van der Waals surface area (Å²) in [6.45, 7) is 4.48. The van der Waals surface area contributed by atoms with E-state index in [0.717, 1.165) is 33.4 Å². The van der Waals surface area contributed by atoms with Crippen molar-refractivity contribution in [2.75, 3.05) is 0 Å². The number of para-hydroxylation sites is 3. The first kappa shape index (κ1) is 35.9. The van der Waals surface area contributed by atoms with Gasteiger partial charge in [0.1, 0.15) is 0 Å². The minimum atomic E-state index is -0.500. The zero-order chi connectivity index (χ0) is 41.4. The van der Waals surface area contributed by atoms with Gasteiger partial charge >= 0.3 is 0 Å². The van der Waals surface area contributed by atoms with Crippen LogP contribution in [0.15, 0.2) is 212 Å². The molecule has 2 aliphatic rings. The van der Waals surface area contributed by atoms with E-state index in [1.54, 1.807) is 0 Å². The molecule has 1 aliphatic heterocycles. The molecule has 0 bridgehead atoms. The molecule has 0 amide bonds. The Labute approximate surface area is 360 Å². The molecule has 12 rings (SSSR count). The van der Waals surface area contributed by atoms with Crippen molar-refractivity contribution in [1.82, 2.24) is 19.5 Å². The normalized spacial score (nSPS) is 15.2. The highest BCUT2D eigenvalue weighted by Crippen LogP contribution is 2.61. The number of rotatable bonds is 6. The standard InChI is InChI=1S/C58H40N4/c1-3-18-44-37(2)58(48-30-11-13-34-52(48)62-51-33-12-10-27-46(51)47-29-17-32-50(58)54(47)62)49-31-16-28-45(53(44)49)41-24-15-26-43(36-41)57-60-55(39-21-8-5-9-22-39)59-56(61-57)42-25-14-23-40(35-42)38-19-6-4-7-20-38/h3-36H,1-2H3/b18-3-. The van der Waals surface area contributed by atoms with Gasteiger partial charge in [-0.05, 0) is 93.8 Å². The van der Waals surface area contributed by atoms with Crippen LogP contribution in [0.1, 0.15) is 36.1 Å². The molecule has 1 spiro atoms. The SMILES string of the molecule is C/C=C\C1=C(C)C2(c3ccccc3-n3c4ccccc4c4cccc2c43)c2cccc(-c3cccc(-c4nc(-c5ccccc5)nc(-c5cccc(-c6ccccc6)c5)n4)c3)c21. The molecule has 62 heavy (non-hydrogen) atoms. The molecule has 0 N–H and O–H groups in total. The maximum absolute atomic E-state index is 5.21. The fraction of sp³-hybridized carbons (Fsp3) is 0.0517. The molecule has 0 fully saturated rings. The van der Waals surface area contributed by atoms with Crippen LogP contribution in [0.2, 0.25) is 0 Å². The molecular formula is C58H40N4. The predicted molar refractivity (Wildman–Crippen MR) is 255 cm³/mol. The number of hydrogen-bond donors (Lipinski definition) is 0. The third-order valence-electron chi connectivity index (χ3n) is 13.0. The van der Waals surface area contributed by atoms with E-state index in [1.807, 2.05) is 24.3 Å². The molecule has 4 heteroatoms. The van der Waals surface area contributed by atoms with E-state index >= 15 is 0 Å². The molecule has 1 unspecified atom stereocenters. The van der Waals surface area contributed by atoms with Crippen molar-refractivity contribution in [2.45, 2.75) is 19.3 Å². The summed E-state index contributed by atoms with van der Waals surface area (Å²) in [5.41, 5.74) is 18.4. The lowest BCUT2D eigenvalue weighted by Gasteiger charge is -2.40. The van der Waals surface area contributed by atoms with Crippen LogP contribution in [-0.4, -0.2) is 19.5 Å². The fourth-order valence-corrected chi connectivity index (χ4v) is 10.4. The van der Waals surface area contributed by atoms with E-state index in [4.69, 9.17) is 15.0 Å². The second kappa shape index (κ2) is 14.1. The van der Waals surface area contributed by atoms with Crippen molar-refractivity contribution >= 4 is 27.4 Å². The highest BCUT2D eigenvalue weighted by molar-refractivity contribution is 6.13. The lowest BCUT2D eigenvalue weighted by atomic mass is 9.65. The number of nitrogens with zero attached hydrogens (tertiary/aromatic N) is 4. The summed E-state index contributed by atoms with van der Waals surface area (Å²) >= 11 is 0. The van der Waals surface area contributed by atoms with Gasteiger partial charge < -0.3 is 4.57 Å². The number of allylic oxidation sites excluding steroid dienone is 4. The van der Waals surface area contributed by atoms with Crippen molar-refractivity contribution in [1.29, 1.82) is 0 Å². The third-order valence-corrected chi connectivity index (χ3v) is 13.0. The van der Waals surface area contributed by atoms with Crippen molar-refractivity contribution in [3.8, 4) is 62.1 Å². The summed E-state index contributed by atoms with van der Waals surface area (Å²) in [6.07, 6.45) is 4.50. The minimum Gasteiger partial charge on any atom is -0.309 e. The van der Waals surface area contributed by atoms with Crippen LogP contribution in [0, 0.1) is 0 Å². The zero-order valence-corrected chi connectivity index (χ0v) is 34.4.